The van der Waals surface area contributed by atoms with Crippen molar-refractivity contribution in [3.63, 3.8) is 0 Å². The van der Waals surface area contributed by atoms with E-state index >= 15 is 0 Å². The number of ether oxygens (including phenoxy) is 1. The molecule has 6 bridgehead atoms. The van der Waals surface area contributed by atoms with E-state index in [0.29, 0.717) is 70.3 Å². The first-order valence-corrected chi connectivity index (χ1v) is 23.8. The van der Waals surface area contributed by atoms with Gasteiger partial charge in [0.25, 0.3) is 5.91 Å². The molecule has 0 unspecified atom stereocenters. The van der Waals surface area contributed by atoms with Gasteiger partial charge >= 0.3 is 6.03 Å². The van der Waals surface area contributed by atoms with Crippen molar-refractivity contribution in [3.8, 4) is 22.5 Å². The molecule has 3 aromatic heterocycles. The highest BCUT2D eigenvalue weighted by atomic mass is 16.5. The summed E-state index contributed by atoms with van der Waals surface area (Å²) in [6.45, 7) is 16.4. The van der Waals surface area contributed by atoms with Crippen LogP contribution in [0.15, 0.2) is 54.7 Å². The summed E-state index contributed by atoms with van der Waals surface area (Å²) >= 11 is 0. The number of urea groups is 1. The van der Waals surface area contributed by atoms with E-state index in [-0.39, 0.29) is 57.0 Å². The Morgan fingerprint density at radius 2 is 1.79 bits per heavy atom. The number of Topliss-reactive ketones (excluding diaryl/α,β-unsaturated/α-hetero) is 1. The minimum atomic E-state index is -1.07. The Morgan fingerprint density at radius 1 is 1.02 bits per heavy atom. The van der Waals surface area contributed by atoms with Crippen molar-refractivity contribution in [2.75, 3.05) is 40.5 Å². The summed E-state index contributed by atoms with van der Waals surface area (Å²) in [5.41, 5.74) is 10.4. The number of amides is 5. The summed E-state index contributed by atoms with van der Waals surface area (Å²) in [5.74, 6) is -1.17. The lowest BCUT2D eigenvalue weighted by Gasteiger charge is -2.40. The first kappa shape index (κ1) is 48.3. The van der Waals surface area contributed by atoms with E-state index in [0.717, 1.165) is 45.7 Å². The van der Waals surface area contributed by atoms with Crippen molar-refractivity contribution in [1.82, 2.24) is 45.0 Å². The van der Waals surface area contributed by atoms with Gasteiger partial charge in [0.1, 0.15) is 12.1 Å². The molecule has 2 saturated heterocycles. The molecule has 66 heavy (non-hydrogen) atoms. The number of benzene rings is 1. The zero-order chi connectivity index (χ0) is 47.4. The highest BCUT2D eigenvalue weighted by Crippen LogP contribution is 2.42. The van der Waals surface area contributed by atoms with Crippen LogP contribution in [0, 0.1) is 11.3 Å². The number of aryl methyl sites for hydroxylation is 1. The van der Waals surface area contributed by atoms with Crippen LogP contribution in [-0.2, 0) is 43.3 Å². The van der Waals surface area contributed by atoms with E-state index in [4.69, 9.17) is 14.7 Å². The van der Waals surface area contributed by atoms with Crippen molar-refractivity contribution >= 4 is 40.4 Å². The number of nitrogens with zero attached hydrogens (tertiary/aromatic N) is 7. The quantitative estimate of drug-likeness (QED) is 0.174. The molecule has 4 aromatic rings. The van der Waals surface area contributed by atoms with Crippen LogP contribution in [0.5, 0.6) is 0 Å². The van der Waals surface area contributed by atoms with Gasteiger partial charge in [-0.25, -0.2) is 10.2 Å². The lowest BCUT2D eigenvalue weighted by Crippen LogP contribution is -2.62. The molecule has 1 aromatic carbocycles. The van der Waals surface area contributed by atoms with Gasteiger partial charge in [-0.1, -0.05) is 46.8 Å². The highest BCUT2D eigenvalue weighted by Gasteiger charge is 2.39. The van der Waals surface area contributed by atoms with E-state index in [2.05, 4.69) is 60.3 Å². The number of nitrogens with one attached hydrogen (secondary N) is 2. The van der Waals surface area contributed by atoms with Crippen molar-refractivity contribution in [1.29, 1.82) is 0 Å². The average Bonchev–Trinajstić information content (AvgIpc) is 3.62. The number of likely N-dealkylation sites (N-methyl/N-ethyl adjacent to an activating group) is 1. The Balaban J connectivity index is 0.00000432. The van der Waals surface area contributed by atoms with Gasteiger partial charge < -0.3 is 29.3 Å². The SMILES string of the molecule is CCC(=O)N1CCCN(C(=O)N(C)[C@H](C(=O)N[C@H]2Cc3cccc(n3)-c3ccc4c(c3)c(c(-c3cccnc3[C@H](C)OC)n4CC)CC(C)(C)CCC(=O)[C@@H]3CCCN(N3)C2=O)C(C)C)C1.[HH].[HH]. The van der Waals surface area contributed by atoms with Crippen molar-refractivity contribution in [2.24, 2.45) is 11.3 Å². The van der Waals surface area contributed by atoms with Crippen molar-refractivity contribution in [3.05, 3.63) is 71.7 Å². The number of fused-ring (bicyclic) bond motifs is 6. The third-order valence-electron chi connectivity index (χ3n) is 13.7. The molecular formula is C51H73N9O6. The molecule has 3 aliphatic rings. The summed E-state index contributed by atoms with van der Waals surface area (Å²) in [6, 6.07) is 13.3. The molecular weight excluding hydrogens is 835 g/mol. The Kier molecular flexibility index (Phi) is 15.0. The fourth-order valence-electron chi connectivity index (χ4n) is 10.1. The van der Waals surface area contributed by atoms with Gasteiger partial charge in [0.2, 0.25) is 11.8 Å². The molecule has 7 rings (SSSR count). The van der Waals surface area contributed by atoms with E-state index in [1.807, 2.05) is 51.2 Å². The summed E-state index contributed by atoms with van der Waals surface area (Å²) in [7, 11) is 3.30. The molecule has 4 atom stereocenters. The van der Waals surface area contributed by atoms with Gasteiger partial charge in [0.15, 0.2) is 5.78 Å². The highest BCUT2D eigenvalue weighted by molar-refractivity contribution is 5.96. The Labute approximate surface area is 392 Å². The molecule has 0 radical (unpaired) electrons. The second kappa shape index (κ2) is 20.5. The van der Waals surface area contributed by atoms with Gasteiger partial charge in [0, 0.05) is 96.4 Å². The minimum Gasteiger partial charge on any atom is -0.375 e. The Morgan fingerprint density at radius 3 is 2.52 bits per heavy atom. The van der Waals surface area contributed by atoms with Crippen LogP contribution < -0.4 is 10.7 Å². The molecule has 0 saturated carbocycles. The number of aromatic nitrogens is 3. The third-order valence-corrected chi connectivity index (χ3v) is 13.7. The number of pyridine rings is 2. The second-order valence-electron chi connectivity index (χ2n) is 19.4. The first-order chi connectivity index (χ1) is 31.5. The summed E-state index contributed by atoms with van der Waals surface area (Å²) in [6.07, 6.45) is 5.46. The number of hydrogen-bond donors (Lipinski definition) is 2. The molecule has 358 valence electrons. The molecule has 3 aliphatic heterocycles. The van der Waals surface area contributed by atoms with E-state index in [9.17, 15) is 24.0 Å². The zero-order valence-corrected chi connectivity index (χ0v) is 40.4. The first-order valence-electron chi connectivity index (χ1n) is 23.8. The predicted octanol–water partition coefficient (Wildman–Crippen LogP) is 7.42. The molecule has 5 amide bonds. The molecule has 15 nitrogen and oxygen atoms in total. The number of carbonyl (C=O) groups is 5. The van der Waals surface area contributed by atoms with Gasteiger partial charge in [-0.15, -0.1) is 0 Å². The molecule has 0 spiro atoms. The zero-order valence-electron chi connectivity index (χ0n) is 40.4. The van der Waals surface area contributed by atoms with Crippen LogP contribution >= 0.6 is 0 Å². The average molecular weight is 908 g/mol. The van der Waals surface area contributed by atoms with Gasteiger partial charge in [-0.2, -0.15) is 0 Å². The maximum absolute atomic E-state index is 14.7. The number of methoxy groups -OCH3 is 1. The second-order valence-corrected chi connectivity index (χ2v) is 19.4. The van der Waals surface area contributed by atoms with Gasteiger partial charge in [-0.05, 0) is 99.2 Å². The fourth-order valence-corrected chi connectivity index (χ4v) is 10.1. The molecule has 6 heterocycles. The fraction of sp³-hybridized carbons (Fsp3) is 0.549. The minimum absolute atomic E-state index is 0. The van der Waals surface area contributed by atoms with Crippen LogP contribution in [0.4, 0.5) is 4.79 Å². The molecule has 2 fully saturated rings. The lowest BCUT2D eigenvalue weighted by molar-refractivity contribution is -0.143. The van der Waals surface area contributed by atoms with E-state index < -0.39 is 24.0 Å². The maximum atomic E-state index is 14.7. The standard InChI is InChI=1S/C51H69N9O6.2H2/c1-10-44(62)57-25-15-26-58(31-57)50(65)56(8)46(32(3)4)48(63)54-41-29-35-16-12-18-39(53-35)34-20-21-42-37(28-34)38(47(59(42)11-2)36-17-13-24-52-45(36)33(5)66-9)30-51(6,7)23-22-43(61)40-19-14-27-60(55-40)49(41)64;;/h12-13,16-18,20-21,24,28,32-33,40-41,46,55H,10-11,14-15,19,22-23,25-27,29-31H2,1-9H3,(H,54,63);2*1H/t33-,40-,41-,46-;;/m0../s1. The molecule has 0 aliphatic carbocycles. The number of rotatable bonds is 9. The largest absolute Gasteiger partial charge is 0.375 e. The van der Waals surface area contributed by atoms with Crippen LogP contribution in [0.3, 0.4) is 0 Å². The van der Waals surface area contributed by atoms with Crippen molar-refractivity contribution < 1.29 is 31.6 Å². The number of hydrogen-bond acceptors (Lipinski definition) is 9. The normalized spacial score (nSPS) is 20.2. The number of carbonyl (C=O) groups excluding carboxylic acids is 5. The smallest absolute Gasteiger partial charge is 0.321 e. The van der Waals surface area contributed by atoms with Gasteiger partial charge in [0.05, 0.1) is 35.9 Å². The van der Waals surface area contributed by atoms with Crippen LogP contribution in [0.1, 0.15) is 113 Å². The monoisotopic (exact) mass is 908 g/mol. The Hall–Kier alpha value is -5.67. The van der Waals surface area contributed by atoms with Crippen LogP contribution in [0.2, 0.25) is 0 Å². The molecule has 2 N–H and O–H groups in total. The van der Waals surface area contributed by atoms with Crippen LogP contribution in [0.25, 0.3) is 33.4 Å². The summed E-state index contributed by atoms with van der Waals surface area (Å²) < 4.78 is 8.19. The Bertz CT molecular complexity index is 2460. The third kappa shape index (κ3) is 10.2. The van der Waals surface area contributed by atoms with Gasteiger partial charge in [-0.3, -0.25) is 34.2 Å². The topological polar surface area (TPSA) is 162 Å². The predicted molar refractivity (Wildman–Crippen MR) is 259 cm³/mol. The lowest BCUT2D eigenvalue weighted by atomic mass is 9.79. The summed E-state index contributed by atoms with van der Waals surface area (Å²) in [5, 5.41) is 5.64. The number of hydrazine groups is 1. The van der Waals surface area contributed by atoms with E-state index in [1.54, 1.807) is 30.9 Å². The van der Waals surface area contributed by atoms with Crippen LogP contribution in [-0.4, -0.2) is 122 Å². The number of ketones is 1. The summed E-state index contributed by atoms with van der Waals surface area (Å²) in [4.78, 5) is 84.7. The molecule has 15 heteroatoms. The van der Waals surface area contributed by atoms with E-state index in [1.165, 1.54) is 15.5 Å². The maximum Gasteiger partial charge on any atom is 0.321 e. The van der Waals surface area contributed by atoms with Crippen molar-refractivity contribution in [2.45, 2.75) is 131 Å².